The van der Waals surface area contributed by atoms with E-state index in [1.807, 2.05) is 19.9 Å². The van der Waals surface area contributed by atoms with E-state index in [9.17, 15) is 66.1 Å². The monoisotopic (exact) mass is 1060 g/mol. The molecule has 2 aliphatic rings. The molecule has 0 aliphatic carbocycles. The van der Waals surface area contributed by atoms with Crippen molar-refractivity contribution >= 4 is 11.9 Å². The Kier molecular flexibility index (Phi) is 31.0. The first-order valence-electron chi connectivity index (χ1n) is 27.4. The van der Waals surface area contributed by atoms with Gasteiger partial charge >= 0.3 is 5.97 Å². The van der Waals surface area contributed by atoms with Crippen molar-refractivity contribution in [2.24, 2.45) is 58.1 Å². The van der Waals surface area contributed by atoms with E-state index in [2.05, 4.69) is 29.4 Å². The van der Waals surface area contributed by atoms with Crippen LogP contribution < -0.4 is 11.1 Å². The molecule has 0 aromatic carbocycles. The number of nitrogens with two attached hydrogens (primary N) is 1. The van der Waals surface area contributed by atoms with E-state index in [1.54, 1.807) is 59.9 Å². The number of guanidine groups is 1. The van der Waals surface area contributed by atoms with Crippen molar-refractivity contribution in [2.45, 2.75) is 230 Å². The molecule has 1 saturated heterocycles. The summed E-state index contributed by atoms with van der Waals surface area (Å²) in [6.45, 7) is 15.1. The van der Waals surface area contributed by atoms with Crippen LogP contribution in [-0.4, -0.2) is 172 Å². The van der Waals surface area contributed by atoms with Gasteiger partial charge in [-0.3, -0.25) is 9.79 Å². The minimum absolute atomic E-state index is 0.0856. The number of carbonyl (C=O) groups excluding carboxylic acids is 1. The van der Waals surface area contributed by atoms with Gasteiger partial charge in [0.05, 0.1) is 73.1 Å². The largest absolute Gasteiger partial charge is 0.461 e. The molecule has 2 heterocycles. The summed E-state index contributed by atoms with van der Waals surface area (Å²) < 4.78 is 12.0. The number of rotatable bonds is 11. The third-order valence-corrected chi connectivity index (χ3v) is 15.6. The van der Waals surface area contributed by atoms with Gasteiger partial charge in [0.15, 0.2) is 11.7 Å². The normalized spacial score (nSPS) is 41.3. The Labute approximate surface area is 442 Å². The second-order valence-electron chi connectivity index (χ2n) is 22.3. The van der Waals surface area contributed by atoms with Crippen molar-refractivity contribution in [3.8, 4) is 0 Å². The van der Waals surface area contributed by atoms with E-state index in [0.29, 0.717) is 11.9 Å². The lowest BCUT2D eigenvalue weighted by Crippen LogP contribution is -2.59. The van der Waals surface area contributed by atoms with Crippen LogP contribution in [0.1, 0.15) is 145 Å². The number of unbranched alkanes of at least 4 members (excludes halogenated alkanes) is 2. The molecule has 1 fully saturated rings. The molecule has 430 valence electrons. The summed E-state index contributed by atoms with van der Waals surface area (Å²) in [6, 6.07) is 0. The van der Waals surface area contributed by atoms with Gasteiger partial charge in [0.2, 0.25) is 0 Å². The van der Waals surface area contributed by atoms with Crippen LogP contribution in [0.25, 0.3) is 0 Å². The fraction of sp³-hybridized carbons (Fsp3) is 0.821. The van der Waals surface area contributed by atoms with Gasteiger partial charge in [0.1, 0.15) is 12.2 Å². The van der Waals surface area contributed by atoms with E-state index in [-0.39, 0.29) is 56.8 Å². The summed E-state index contributed by atoms with van der Waals surface area (Å²) in [5.41, 5.74) is 5.68. The fourth-order valence-electron chi connectivity index (χ4n) is 9.90. The molecule has 2 aliphatic heterocycles. The minimum Gasteiger partial charge on any atom is -0.461 e. The van der Waals surface area contributed by atoms with Crippen LogP contribution in [0.2, 0.25) is 0 Å². The number of nitrogens with one attached hydrogen (secondary N) is 1. The molecule has 22 atom stereocenters. The van der Waals surface area contributed by atoms with Crippen molar-refractivity contribution < 1.29 is 75.5 Å². The average Bonchev–Trinajstić information content (AvgIpc) is 3.34. The maximum absolute atomic E-state index is 13.8. The second kappa shape index (κ2) is 34.1. The number of aliphatic imine (C=N–C) groups is 1. The smallest absolute Gasteiger partial charge is 0.311 e. The molecule has 2 rings (SSSR count). The Balaban J connectivity index is 2.32. The van der Waals surface area contributed by atoms with Crippen molar-refractivity contribution in [2.75, 3.05) is 13.6 Å². The van der Waals surface area contributed by atoms with Crippen molar-refractivity contribution in [3.05, 3.63) is 48.6 Å². The third-order valence-electron chi connectivity index (χ3n) is 15.6. The number of allylic oxidation sites excluding steroid dienone is 4. The molecule has 74 heavy (non-hydrogen) atoms. The third kappa shape index (κ3) is 23.8. The van der Waals surface area contributed by atoms with Gasteiger partial charge in [-0.05, 0) is 88.9 Å². The first kappa shape index (κ1) is 67.3. The Hall–Kier alpha value is -2.82. The maximum Gasteiger partial charge on any atom is 0.311 e. The molecular weight excluding hydrogens is 955 g/mol. The highest BCUT2D eigenvalue weighted by atomic mass is 16.7. The van der Waals surface area contributed by atoms with E-state index < -0.39 is 127 Å². The highest BCUT2D eigenvalue weighted by molar-refractivity contribution is 5.77. The first-order valence-corrected chi connectivity index (χ1v) is 27.4. The highest BCUT2D eigenvalue weighted by Gasteiger charge is 2.50. The zero-order valence-electron chi connectivity index (χ0n) is 46.0. The summed E-state index contributed by atoms with van der Waals surface area (Å²) in [5.74, 6) is -6.16. The van der Waals surface area contributed by atoms with Crippen molar-refractivity contribution in [3.63, 3.8) is 0 Å². The van der Waals surface area contributed by atoms with Gasteiger partial charge < -0.3 is 81.8 Å². The summed E-state index contributed by atoms with van der Waals surface area (Å²) in [7, 11) is 1.64. The molecule has 2 bridgehead atoms. The van der Waals surface area contributed by atoms with Crippen LogP contribution in [0.5, 0.6) is 0 Å². The fourth-order valence-corrected chi connectivity index (χ4v) is 9.90. The standard InChI is InChI=1S/C56H101N3O15/c1-33(18-14-12-10-11-13-17-25-59-55(57)58-9)26-37(5)52-36(4)19-15-16-20-44(62)38(6)48(66)29-42(61)27-41(60)28-43-30-50(68)53(70)56(72,74-43)32-51(69)35(3)22-23-45(63)39(7)49(67)31-47(65)34(2)21-24-46(64)40(8)54(71)73-52/h10-11,15-16,19-21,24,33-53,60-70,72H,12-14,17-18,22-23,25-32H2,1-9H3,(H3,57,58,59)/b11-10+,19-15+,20-16-,24-21+. The van der Waals surface area contributed by atoms with Crippen molar-refractivity contribution in [1.82, 2.24) is 5.32 Å². The zero-order valence-corrected chi connectivity index (χ0v) is 46.0. The van der Waals surface area contributed by atoms with Gasteiger partial charge in [-0.25, -0.2) is 0 Å². The highest BCUT2D eigenvalue weighted by Crippen LogP contribution is 2.36. The molecule has 18 nitrogen and oxygen atoms in total. The molecule has 0 amide bonds. The minimum atomic E-state index is -2.40. The van der Waals surface area contributed by atoms with E-state index in [4.69, 9.17) is 15.2 Å². The Morgan fingerprint density at radius 2 is 1.34 bits per heavy atom. The number of nitrogens with zero attached hydrogens (tertiary/aromatic N) is 1. The van der Waals surface area contributed by atoms with E-state index >= 15 is 0 Å². The van der Waals surface area contributed by atoms with Gasteiger partial charge in [0, 0.05) is 56.5 Å². The molecular formula is C56H101N3O15. The molecule has 0 aromatic heterocycles. The molecule has 0 saturated carbocycles. The van der Waals surface area contributed by atoms with Crippen LogP contribution in [0.3, 0.4) is 0 Å². The summed E-state index contributed by atoms with van der Waals surface area (Å²) in [5, 5.41) is 135. The van der Waals surface area contributed by atoms with E-state index in [1.165, 1.54) is 12.2 Å². The molecule has 18 heteroatoms. The SMILES string of the molecule is CN=C(N)NCCC/C=C/CCCC(C)CC(C)C1OC(=O)C(C)C(O)/C=C/C(C)C(O)CC(O)C(C)C(O)CCC(C)C(O)CC2(O)OC(CC(O)CC(O)CC(O)C(C)C(O)/C=C\C=C\C1C)CC(O)C2O. The van der Waals surface area contributed by atoms with Crippen LogP contribution in [0.4, 0.5) is 0 Å². The van der Waals surface area contributed by atoms with Crippen LogP contribution in [-0.2, 0) is 14.3 Å². The topological polar surface area (TPSA) is 329 Å². The second-order valence-corrected chi connectivity index (χ2v) is 22.3. The van der Waals surface area contributed by atoms with Gasteiger partial charge in [-0.2, -0.15) is 0 Å². The summed E-state index contributed by atoms with van der Waals surface area (Å²) in [6.07, 6.45) is 3.37. The number of aliphatic hydroxyl groups is 12. The summed E-state index contributed by atoms with van der Waals surface area (Å²) in [4.78, 5) is 17.7. The molecule has 15 N–H and O–H groups in total. The number of ether oxygens (including phenoxy) is 2. The maximum atomic E-state index is 13.8. The van der Waals surface area contributed by atoms with Crippen molar-refractivity contribution in [1.29, 1.82) is 0 Å². The predicted octanol–water partition coefficient (Wildman–Crippen LogP) is 3.28. The zero-order chi connectivity index (χ0) is 55.9. The van der Waals surface area contributed by atoms with Crippen LogP contribution in [0.15, 0.2) is 53.6 Å². The lowest BCUT2D eigenvalue weighted by atomic mass is 9.83. The molecule has 22 unspecified atom stereocenters. The number of aliphatic hydroxyl groups excluding tert-OH is 11. The van der Waals surface area contributed by atoms with Gasteiger partial charge in [-0.1, -0.05) is 103 Å². The van der Waals surface area contributed by atoms with E-state index in [0.717, 1.165) is 45.1 Å². The lowest BCUT2D eigenvalue weighted by molar-refractivity contribution is -0.333. The average molecular weight is 1060 g/mol. The number of hydrogen-bond acceptors (Lipinski definition) is 16. The lowest BCUT2D eigenvalue weighted by Gasteiger charge is -2.45. The number of hydrogen-bond donors (Lipinski definition) is 14. The van der Waals surface area contributed by atoms with Gasteiger partial charge in [0.25, 0.3) is 0 Å². The summed E-state index contributed by atoms with van der Waals surface area (Å²) >= 11 is 0. The molecule has 0 radical (unpaired) electrons. The van der Waals surface area contributed by atoms with Gasteiger partial charge in [-0.15, -0.1) is 0 Å². The Bertz CT molecular complexity index is 1720. The predicted molar refractivity (Wildman–Crippen MR) is 286 cm³/mol. The Morgan fingerprint density at radius 1 is 0.716 bits per heavy atom. The first-order chi connectivity index (χ1) is 34.7. The molecule has 0 aromatic rings. The number of fused-ring (bicyclic) bond motifs is 2. The quantitative estimate of drug-likeness (QED) is 0.0464. The van der Waals surface area contributed by atoms with Crippen LogP contribution in [0, 0.1) is 47.3 Å². The number of cyclic esters (lactones) is 1. The number of carbonyl (C=O) groups is 1. The molecule has 0 spiro atoms. The Morgan fingerprint density at radius 3 is 2.00 bits per heavy atom. The van der Waals surface area contributed by atoms with Crippen LogP contribution >= 0.6 is 0 Å². The number of esters is 1.